The van der Waals surface area contributed by atoms with Crippen LogP contribution in [0.5, 0.6) is 0 Å². The molecule has 16 nitrogen and oxygen atoms in total. The third-order valence-electron chi connectivity index (χ3n) is 9.32. The number of unbranched alkanes of at least 4 members (excludes halogenated alkanes) is 1. The Hall–Kier alpha value is -4.41. The Balaban J connectivity index is 1.75. The van der Waals surface area contributed by atoms with Crippen molar-refractivity contribution in [1.29, 1.82) is 0 Å². The van der Waals surface area contributed by atoms with Gasteiger partial charge in [-0.25, -0.2) is 4.79 Å². The summed E-state index contributed by atoms with van der Waals surface area (Å²) in [4.78, 5) is 77.0. The lowest BCUT2D eigenvalue weighted by Crippen LogP contribution is -2.55. The van der Waals surface area contributed by atoms with E-state index in [4.69, 9.17) is 24.3 Å². The van der Waals surface area contributed by atoms with Crippen LogP contribution in [0.3, 0.4) is 0 Å². The quantitative estimate of drug-likeness (QED) is 0.0489. The van der Waals surface area contributed by atoms with Crippen molar-refractivity contribution in [3.63, 3.8) is 0 Å². The smallest absolute Gasteiger partial charge is 0.410 e. The number of rotatable bonds is 19. The number of nitrogens with one attached hydrogen (secondary N) is 3. The van der Waals surface area contributed by atoms with Crippen LogP contribution in [0, 0.1) is 22.7 Å². The van der Waals surface area contributed by atoms with Crippen molar-refractivity contribution in [2.24, 2.45) is 28.4 Å². The van der Waals surface area contributed by atoms with E-state index in [0.29, 0.717) is 30.5 Å². The number of hydrogen-bond acceptors (Lipinski definition) is 11. The van der Waals surface area contributed by atoms with Crippen molar-refractivity contribution in [1.82, 2.24) is 20.9 Å². The van der Waals surface area contributed by atoms with Gasteiger partial charge in [-0.3, -0.25) is 37.6 Å². The monoisotopic (exact) mass is 827 g/mol. The van der Waals surface area contributed by atoms with Gasteiger partial charge in [0.15, 0.2) is 0 Å². The molecule has 1 aromatic rings. The number of piperidine rings is 1. The molecule has 5 amide bonds. The molecule has 5 N–H and O–H groups in total. The summed E-state index contributed by atoms with van der Waals surface area (Å²) in [6.07, 6.45) is 3.68. The summed E-state index contributed by atoms with van der Waals surface area (Å²) in [5, 5.41) is 7.87. The number of hydrogen-bond donors (Lipinski definition) is 4. The van der Waals surface area contributed by atoms with Crippen LogP contribution in [-0.4, -0.2) is 85.9 Å². The van der Waals surface area contributed by atoms with Gasteiger partial charge in [-0.05, 0) is 84.3 Å². The maximum Gasteiger partial charge on any atom is 0.410 e. The molecule has 1 heterocycles. The van der Waals surface area contributed by atoms with E-state index in [2.05, 4.69) is 16.0 Å². The first-order valence-corrected chi connectivity index (χ1v) is 20.3. The molecule has 2 fully saturated rings. The first kappa shape index (κ1) is 47.0. The summed E-state index contributed by atoms with van der Waals surface area (Å²) in [5.41, 5.74) is -1.45. The number of carbonyl (C=O) groups excluding carboxylic acids is 6. The Labute approximate surface area is 331 Å². The Bertz CT molecular complexity index is 1690. The molecule has 1 saturated carbocycles. The van der Waals surface area contributed by atoms with Crippen LogP contribution >= 0.6 is 7.60 Å². The zero-order valence-electron chi connectivity index (χ0n) is 33.8. The minimum Gasteiger partial charge on any atom is -0.438 e. The molecule has 3 rings (SSSR count). The first-order chi connectivity index (χ1) is 26.4. The summed E-state index contributed by atoms with van der Waals surface area (Å²) >= 11 is 0. The molecule has 19 heteroatoms. The normalized spacial score (nSPS) is 18.9. The van der Waals surface area contributed by atoms with Gasteiger partial charge in [0.2, 0.25) is 31.3 Å². The minimum atomic E-state index is -5.54. The molecule has 0 unspecified atom stereocenters. The van der Waals surface area contributed by atoms with Crippen molar-refractivity contribution in [2.75, 3.05) is 33.2 Å². The number of halogens is 2. The van der Waals surface area contributed by atoms with E-state index in [9.17, 15) is 33.3 Å². The number of carbonyl (C=O) groups is 6. The van der Waals surface area contributed by atoms with E-state index in [1.165, 1.54) is 64.7 Å². The number of nitrogens with zero attached hydrogens (tertiary/aromatic N) is 1. The summed E-state index contributed by atoms with van der Waals surface area (Å²) in [6.45, 7) is 10.9. The average Bonchev–Trinajstić information content (AvgIpc) is 3.78. The number of amides is 5. The Morgan fingerprint density at radius 3 is 1.98 bits per heavy atom. The number of fused-ring (bicyclic) bond motifs is 1. The molecule has 1 aliphatic carbocycles. The second-order valence-corrected chi connectivity index (χ2v) is 18.3. The van der Waals surface area contributed by atoms with E-state index < -0.39 is 85.1 Å². The lowest BCUT2D eigenvalue weighted by molar-refractivity contribution is -0.163. The minimum absolute atomic E-state index is 0.00195. The number of primary amides is 1. The van der Waals surface area contributed by atoms with E-state index in [1.54, 1.807) is 6.92 Å². The fourth-order valence-electron chi connectivity index (χ4n) is 5.89. The van der Waals surface area contributed by atoms with E-state index in [-0.39, 0.29) is 30.8 Å². The number of ether oxygens (including phenoxy) is 2. The highest BCUT2D eigenvalue weighted by Gasteiger charge is 2.58. The Morgan fingerprint density at radius 2 is 1.47 bits per heavy atom. The van der Waals surface area contributed by atoms with E-state index in [0.717, 1.165) is 25.0 Å². The third kappa shape index (κ3) is 12.8. The van der Waals surface area contributed by atoms with E-state index in [1.807, 2.05) is 6.92 Å². The van der Waals surface area contributed by atoms with Gasteiger partial charge < -0.3 is 36.1 Å². The van der Waals surface area contributed by atoms with Crippen LogP contribution < -0.4 is 21.7 Å². The zero-order chi connectivity index (χ0) is 42.9. The van der Waals surface area contributed by atoms with Crippen molar-refractivity contribution in [2.45, 2.75) is 98.8 Å². The number of esters is 2. The lowest BCUT2D eigenvalue weighted by atomic mass is 9.98. The molecule has 0 radical (unpaired) electrons. The standard InChI is InChI=1S/C38H56F2N5O11P/c1-9-10-11-28(32(48)45-20-25-19-27(25)30(45)31(47)42-16-17-43-35(41)51)44-29(46)18-23(2)24-12-14-26(15-13-24)38(39,40)57(52,55-21-53-33(49)36(3,4)5)56-22-54-34(50)37(6,7)8/h12-15,18,25,27-28,30H,9-11,16-17,19-22H2,1-8H3,(H,42,47)(H,44,46)(H3,41,43,51)/b23-18+/t25-,27-,28+,30+/m1/s1. The molecule has 57 heavy (non-hydrogen) atoms. The Morgan fingerprint density at radius 1 is 0.930 bits per heavy atom. The van der Waals surface area contributed by atoms with Crippen molar-refractivity contribution in [3.8, 4) is 0 Å². The number of alkyl halides is 2. The van der Waals surface area contributed by atoms with Crippen LogP contribution in [-0.2, 0) is 52.7 Å². The Kier molecular flexibility index (Phi) is 16.0. The lowest BCUT2D eigenvalue weighted by Gasteiger charge is -2.30. The molecule has 0 spiro atoms. The molecule has 2 aliphatic rings. The molecule has 4 atom stereocenters. The molecule has 1 aromatic carbocycles. The average molecular weight is 828 g/mol. The second-order valence-electron chi connectivity index (χ2n) is 16.2. The number of benzene rings is 1. The van der Waals surface area contributed by atoms with Crippen LogP contribution in [0.4, 0.5) is 13.6 Å². The highest BCUT2D eigenvalue weighted by atomic mass is 31.2. The van der Waals surface area contributed by atoms with Gasteiger partial charge in [0.1, 0.15) is 12.1 Å². The number of likely N-dealkylation sites (tertiary alicyclic amines) is 1. The number of urea groups is 1. The van der Waals surface area contributed by atoms with Crippen molar-refractivity contribution < 1.29 is 60.6 Å². The second kappa shape index (κ2) is 19.4. The molecule has 318 valence electrons. The number of allylic oxidation sites excluding steroid dienone is 1. The summed E-state index contributed by atoms with van der Waals surface area (Å²) in [6, 6.07) is 2.04. The highest BCUT2D eigenvalue weighted by molar-refractivity contribution is 7.54. The van der Waals surface area contributed by atoms with Gasteiger partial charge in [0, 0.05) is 31.3 Å². The predicted octanol–water partition coefficient (Wildman–Crippen LogP) is 4.77. The van der Waals surface area contributed by atoms with Crippen LogP contribution in [0.1, 0.15) is 92.2 Å². The van der Waals surface area contributed by atoms with Gasteiger partial charge >= 0.3 is 31.2 Å². The highest BCUT2D eigenvalue weighted by Crippen LogP contribution is 2.67. The van der Waals surface area contributed by atoms with Crippen molar-refractivity contribution >= 4 is 48.9 Å². The van der Waals surface area contributed by atoms with Gasteiger partial charge in [0.25, 0.3) is 0 Å². The van der Waals surface area contributed by atoms with Gasteiger partial charge in [-0.2, -0.15) is 8.78 Å². The molecule has 0 aromatic heterocycles. The van der Waals surface area contributed by atoms with Gasteiger partial charge in [0.05, 0.1) is 10.8 Å². The third-order valence-corrected chi connectivity index (χ3v) is 11.2. The van der Waals surface area contributed by atoms with Crippen LogP contribution in [0.25, 0.3) is 5.57 Å². The van der Waals surface area contributed by atoms with Gasteiger partial charge in [-0.15, -0.1) is 0 Å². The SMILES string of the molecule is CCCC[C@H](NC(=O)/C=C(\C)c1ccc(C(F)(F)P(=O)(OCOC(=O)C(C)(C)C)OCOC(=O)C(C)(C)C)cc1)C(=O)N1C[C@H]2C[C@H]2[C@H]1C(=O)NCCNC(N)=O. The van der Waals surface area contributed by atoms with Crippen LogP contribution in [0.2, 0.25) is 0 Å². The largest absolute Gasteiger partial charge is 0.438 e. The number of nitrogens with two attached hydrogens (primary N) is 1. The predicted molar refractivity (Wildman–Crippen MR) is 204 cm³/mol. The topological polar surface area (TPSA) is 222 Å². The molecule has 0 bridgehead atoms. The van der Waals surface area contributed by atoms with E-state index >= 15 is 8.78 Å². The fraction of sp³-hybridized carbons (Fsp3) is 0.632. The van der Waals surface area contributed by atoms with Crippen LogP contribution in [0.15, 0.2) is 30.3 Å². The summed E-state index contributed by atoms with van der Waals surface area (Å²) < 4.78 is 65.2. The first-order valence-electron chi connectivity index (χ1n) is 18.8. The fourth-order valence-corrected chi connectivity index (χ4v) is 7.13. The molecular weight excluding hydrogens is 771 g/mol. The summed E-state index contributed by atoms with van der Waals surface area (Å²) in [5.74, 6) is -2.83. The molecule has 1 saturated heterocycles. The summed E-state index contributed by atoms with van der Waals surface area (Å²) in [7, 11) is -5.54. The zero-order valence-corrected chi connectivity index (χ0v) is 34.7. The maximum atomic E-state index is 16.0. The molecule has 1 aliphatic heterocycles. The van der Waals surface area contributed by atoms with Gasteiger partial charge in [-0.1, -0.05) is 44.0 Å². The van der Waals surface area contributed by atoms with Crippen molar-refractivity contribution in [3.05, 3.63) is 41.5 Å². The molecular formula is C38H56F2N5O11P. The maximum absolute atomic E-state index is 16.0.